The van der Waals surface area contributed by atoms with Crippen LogP contribution in [0.2, 0.25) is 0 Å². The van der Waals surface area contributed by atoms with Crippen molar-refractivity contribution in [3.05, 3.63) is 5.92 Å². The van der Waals surface area contributed by atoms with Crippen LogP contribution in [0, 0.1) is 5.92 Å². The van der Waals surface area contributed by atoms with Gasteiger partial charge in [0.2, 0.25) is 0 Å². The second-order valence-corrected chi connectivity index (χ2v) is 3.78. The molecule has 2 atom stereocenters. The molecular weight excluding hydrogens is 227 g/mol. The minimum atomic E-state index is -0.288. The van der Waals surface area contributed by atoms with Gasteiger partial charge >= 0.3 is 0 Å². The van der Waals surface area contributed by atoms with E-state index in [0.717, 1.165) is 6.42 Å². The molecule has 3 heteroatoms. The second kappa shape index (κ2) is 4.30. The van der Waals surface area contributed by atoms with E-state index in [0.29, 0.717) is 6.04 Å². The van der Waals surface area contributed by atoms with E-state index in [4.69, 9.17) is 0 Å². The summed E-state index contributed by atoms with van der Waals surface area (Å²) in [6.45, 7) is 7.83. The summed E-state index contributed by atoms with van der Waals surface area (Å²) < 4.78 is 0. The van der Waals surface area contributed by atoms with Gasteiger partial charge in [-0.15, -0.1) is 6.04 Å². The molecule has 0 aromatic carbocycles. The first-order valence-electron chi connectivity index (χ1n) is 4.07. The van der Waals surface area contributed by atoms with Crippen LogP contribution in [0.5, 0.6) is 0 Å². The Labute approximate surface area is 99.7 Å². The van der Waals surface area contributed by atoms with Gasteiger partial charge in [0.1, 0.15) is 5.78 Å². The van der Waals surface area contributed by atoms with Gasteiger partial charge in [0.05, 0.1) is 0 Å². The molecule has 1 heterocycles. The van der Waals surface area contributed by atoms with Crippen LogP contribution >= 0.6 is 0 Å². The van der Waals surface area contributed by atoms with Gasteiger partial charge in [-0.2, -0.15) is 13.3 Å². The summed E-state index contributed by atoms with van der Waals surface area (Å²) >= 11 is 0. The fraction of sp³-hybridized carbons (Fsp3) is 0.778. The van der Waals surface area contributed by atoms with Crippen LogP contribution in [-0.4, -0.2) is 17.4 Å². The van der Waals surface area contributed by atoms with E-state index < -0.39 is 0 Å². The number of Topliss-reactive ketones (excluding diaryl/α,β-unsaturated/α-hetero) is 1. The Bertz CT molecular complexity index is 171. The number of nitrogens with one attached hydrogen (secondary N) is 1. The molecule has 0 amide bonds. The molecule has 1 saturated heterocycles. The molecule has 0 spiro atoms. The van der Waals surface area contributed by atoms with Crippen molar-refractivity contribution < 1.29 is 37.5 Å². The van der Waals surface area contributed by atoms with Crippen LogP contribution in [0.3, 0.4) is 0 Å². The van der Waals surface area contributed by atoms with Gasteiger partial charge in [-0.3, -0.25) is 10.7 Å². The Morgan fingerprint density at radius 2 is 2.17 bits per heavy atom. The number of hydrogen-bond donors (Lipinski definition) is 1. The monoisotopic (exact) mass is 243 g/mol. The Morgan fingerprint density at radius 1 is 1.67 bits per heavy atom. The minimum Gasteiger partial charge on any atom is -0.334 e. The Hall–Kier alpha value is 0.734. The van der Waals surface area contributed by atoms with Crippen molar-refractivity contribution in [2.45, 2.75) is 45.7 Å². The number of rotatable bonds is 1. The Balaban J connectivity index is 0.00000121. The molecule has 1 aliphatic heterocycles. The van der Waals surface area contributed by atoms with E-state index in [2.05, 4.69) is 19.2 Å². The molecule has 0 bridgehead atoms. The molecule has 1 N–H and O–H groups in total. The molecule has 2 nitrogen and oxygen atoms in total. The SMILES string of the molecule is CC(=O)C1(C)C[C-](C)C(C)N1.[Y]. The second-order valence-electron chi connectivity index (χ2n) is 3.78. The van der Waals surface area contributed by atoms with Crippen LogP contribution in [0.4, 0.5) is 0 Å². The number of carbonyl (C=O) groups is 1. The largest absolute Gasteiger partial charge is 0.334 e. The molecule has 1 fully saturated rings. The van der Waals surface area contributed by atoms with Crippen LogP contribution in [-0.2, 0) is 37.5 Å². The molecule has 2 unspecified atom stereocenters. The molecule has 0 aromatic rings. The predicted molar refractivity (Wildman–Crippen MR) is 45.2 cm³/mol. The average molecular weight is 243 g/mol. The van der Waals surface area contributed by atoms with Crippen molar-refractivity contribution in [1.82, 2.24) is 5.32 Å². The summed E-state index contributed by atoms with van der Waals surface area (Å²) in [5.74, 6) is 1.61. The Kier molecular flexibility index (Phi) is 4.56. The quantitative estimate of drug-likeness (QED) is 0.703. The van der Waals surface area contributed by atoms with Gasteiger partial charge in [0.25, 0.3) is 0 Å². The first-order valence-corrected chi connectivity index (χ1v) is 4.07. The van der Waals surface area contributed by atoms with Crippen LogP contribution in [0.25, 0.3) is 0 Å². The third-order valence-electron chi connectivity index (χ3n) is 2.68. The van der Waals surface area contributed by atoms with E-state index >= 15 is 0 Å². The smallest absolute Gasteiger partial charge is 0.146 e. The van der Waals surface area contributed by atoms with E-state index in [1.807, 2.05) is 6.92 Å². The van der Waals surface area contributed by atoms with Gasteiger partial charge in [-0.25, -0.2) is 0 Å². The third kappa shape index (κ3) is 2.37. The zero-order chi connectivity index (χ0) is 8.65. The van der Waals surface area contributed by atoms with Crippen molar-refractivity contribution in [1.29, 1.82) is 0 Å². The Morgan fingerprint density at radius 3 is 2.33 bits per heavy atom. The molecule has 1 radical (unpaired) electrons. The van der Waals surface area contributed by atoms with Crippen LogP contribution in [0.15, 0.2) is 0 Å². The van der Waals surface area contributed by atoms with Gasteiger partial charge in [-0.1, -0.05) is 6.92 Å². The van der Waals surface area contributed by atoms with Gasteiger partial charge < -0.3 is 5.32 Å². The standard InChI is InChI=1S/C9H16NO.Y/c1-6-5-9(4,8(3)11)10-7(6)2;/h7,10H,5H2,1-4H3;/q-1;. The third-order valence-corrected chi connectivity index (χ3v) is 2.68. The average Bonchev–Trinajstić information content (AvgIpc) is 2.09. The summed E-state index contributed by atoms with van der Waals surface area (Å²) in [4.78, 5) is 11.2. The number of hydrogen-bond acceptors (Lipinski definition) is 2. The van der Waals surface area contributed by atoms with Crippen molar-refractivity contribution in [2.75, 3.05) is 0 Å². The first-order chi connectivity index (χ1) is 4.96. The number of carbonyl (C=O) groups excluding carboxylic acids is 1. The number of ketones is 1. The van der Waals surface area contributed by atoms with Crippen molar-refractivity contribution in [3.8, 4) is 0 Å². The fourth-order valence-electron chi connectivity index (χ4n) is 1.59. The van der Waals surface area contributed by atoms with E-state index in [9.17, 15) is 4.79 Å². The van der Waals surface area contributed by atoms with E-state index in [1.165, 1.54) is 5.92 Å². The molecule has 0 aromatic heterocycles. The molecule has 1 rings (SSSR count). The normalized spacial score (nSPS) is 36.2. The molecule has 0 aliphatic carbocycles. The topological polar surface area (TPSA) is 29.1 Å². The summed E-state index contributed by atoms with van der Waals surface area (Å²) in [5.41, 5.74) is -0.288. The zero-order valence-corrected chi connectivity index (χ0v) is 11.1. The summed E-state index contributed by atoms with van der Waals surface area (Å²) in [6, 6.07) is 0.392. The summed E-state index contributed by atoms with van der Waals surface area (Å²) in [5, 5.41) is 3.29. The van der Waals surface area contributed by atoms with Crippen LogP contribution in [0.1, 0.15) is 34.1 Å². The zero-order valence-electron chi connectivity index (χ0n) is 8.27. The van der Waals surface area contributed by atoms with Crippen molar-refractivity contribution in [2.24, 2.45) is 0 Å². The molecule has 67 valence electrons. The molecule has 12 heavy (non-hydrogen) atoms. The van der Waals surface area contributed by atoms with Gasteiger partial charge in [-0.05, 0) is 13.8 Å². The molecule has 1 aliphatic rings. The maximum Gasteiger partial charge on any atom is 0.146 e. The molecular formula is C9H16NOY-. The van der Waals surface area contributed by atoms with Gasteiger partial charge in [0, 0.05) is 38.2 Å². The first kappa shape index (κ1) is 12.7. The van der Waals surface area contributed by atoms with E-state index in [1.54, 1.807) is 6.92 Å². The van der Waals surface area contributed by atoms with Crippen LogP contribution < -0.4 is 5.32 Å². The van der Waals surface area contributed by atoms with Crippen molar-refractivity contribution >= 4 is 5.78 Å². The maximum absolute atomic E-state index is 11.2. The minimum absolute atomic E-state index is 0. The maximum atomic E-state index is 11.2. The van der Waals surface area contributed by atoms with Crippen molar-refractivity contribution in [3.63, 3.8) is 0 Å². The summed E-state index contributed by atoms with van der Waals surface area (Å²) in [6.07, 6.45) is 0.892. The predicted octanol–water partition coefficient (Wildman–Crippen LogP) is 1.31. The van der Waals surface area contributed by atoms with E-state index in [-0.39, 0.29) is 44.0 Å². The molecule has 0 saturated carbocycles. The van der Waals surface area contributed by atoms with Gasteiger partial charge in [0.15, 0.2) is 0 Å². The summed E-state index contributed by atoms with van der Waals surface area (Å²) in [7, 11) is 0. The fourth-order valence-corrected chi connectivity index (χ4v) is 1.59.